The van der Waals surface area contributed by atoms with Gasteiger partial charge in [0.25, 0.3) is 0 Å². The van der Waals surface area contributed by atoms with Gasteiger partial charge in [0.05, 0.1) is 18.3 Å². The second-order valence-corrected chi connectivity index (χ2v) is 4.73. The lowest BCUT2D eigenvalue weighted by Gasteiger charge is -2.31. The predicted octanol–water partition coefficient (Wildman–Crippen LogP) is 1.65. The molecule has 1 unspecified atom stereocenters. The van der Waals surface area contributed by atoms with E-state index in [0.29, 0.717) is 11.7 Å². The lowest BCUT2D eigenvalue weighted by Crippen LogP contribution is -2.41. The molecule has 1 aliphatic rings. The average Bonchev–Trinajstić information content (AvgIpc) is 2.37. The van der Waals surface area contributed by atoms with E-state index in [1.54, 1.807) is 12.1 Å². The summed E-state index contributed by atoms with van der Waals surface area (Å²) in [5.41, 5.74) is 1.53. The Morgan fingerprint density at radius 3 is 2.78 bits per heavy atom. The maximum Gasteiger partial charge on any atom is 0.335 e. The first-order chi connectivity index (χ1) is 8.65. The Bertz CT molecular complexity index is 402. The van der Waals surface area contributed by atoms with Crippen LogP contribution in [0.3, 0.4) is 0 Å². The second-order valence-electron chi connectivity index (χ2n) is 4.73. The SMILES string of the molecule is CC1CN(CCc2ccc(C(=O)O)cc2)CCO1. The molecule has 98 valence electrons. The van der Waals surface area contributed by atoms with Crippen LogP contribution in [0, 0.1) is 0 Å². The van der Waals surface area contributed by atoms with Crippen molar-refractivity contribution in [1.29, 1.82) is 0 Å². The van der Waals surface area contributed by atoms with Gasteiger partial charge in [-0.05, 0) is 31.0 Å². The van der Waals surface area contributed by atoms with Crippen molar-refractivity contribution >= 4 is 5.97 Å². The van der Waals surface area contributed by atoms with E-state index in [4.69, 9.17) is 9.84 Å². The first-order valence-corrected chi connectivity index (χ1v) is 6.31. The van der Waals surface area contributed by atoms with E-state index in [9.17, 15) is 4.79 Å². The van der Waals surface area contributed by atoms with Crippen molar-refractivity contribution in [1.82, 2.24) is 4.90 Å². The van der Waals surface area contributed by atoms with Crippen LogP contribution < -0.4 is 0 Å². The van der Waals surface area contributed by atoms with Gasteiger partial charge in [0.1, 0.15) is 0 Å². The lowest BCUT2D eigenvalue weighted by molar-refractivity contribution is -0.0177. The Balaban J connectivity index is 1.84. The average molecular weight is 249 g/mol. The quantitative estimate of drug-likeness (QED) is 0.881. The molecule has 1 N–H and O–H groups in total. The molecule has 4 heteroatoms. The minimum absolute atomic E-state index is 0.313. The van der Waals surface area contributed by atoms with Crippen molar-refractivity contribution in [3.8, 4) is 0 Å². The maximum atomic E-state index is 10.7. The molecule has 1 aliphatic heterocycles. The Morgan fingerprint density at radius 1 is 1.44 bits per heavy atom. The molecule has 2 rings (SSSR count). The topological polar surface area (TPSA) is 49.8 Å². The van der Waals surface area contributed by atoms with Gasteiger partial charge >= 0.3 is 5.97 Å². The Morgan fingerprint density at radius 2 is 2.17 bits per heavy atom. The number of hydrogen-bond acceptors (Lipinski definition) is 3. The number of aromatic carboxylic acids is 1. The van der Waals surface area contributed by atoms with Crippen LogP contribution in [0.1, 0.15) is 22.8 Å². The normalized spacial score (nSPS) is 20.8. The van der Waals surface area contributed by atoms with Crippen LogP contribution in [-0.4, -0.2) is 48.3 Å². The largest absolute Gasteiger partial charge is 0.478 e. The first-order valence-electron chi connectivity index (χ1n) is 6.31. The minimum atomic E-state index is -0.872. The number of carboxylic acid groups (broad SMARTS) is 1. The number of hydrogen-bond donors (Lipinski definition) is 1. The number of ether oxygens (including phenoxy) is 1. The molecule has 4 nitrogen and oxygen atoms in total. The summed E-state index contributed by atoms with van der Waals surface area (Å²) >= 11 is 0. The number of nitrogens with zero attached hydrogens (tertiary/aromatic N) is 1. The first kappa shape index (κ1) is 13.1. The van der Waals surface area contributed by atoms with Crippen LogP contribution >= 0.6 is 0 Å². The van der Waals surface area contributed by atoms with Gasteiger partial charge in [0, 0.05) is 19.6 Å². The highest BCUT2D eigenvalue weighted by Gasteiger charge is 2.15. The van der Waals surface area contributed by atoms with Gasteiger partial charge in [-0.2, -0.15) is 0 Å². The zero-order valence-corrected chi connectivity index (χ0v) is 10.6. The van der Waals surface area contributed by atoms with E-state index >= 15 is 0 Å². The Hall–Kier alpha value is -1.39. The van der Waals surface area contributed by atoms with Gasteiger partial charge in [-0.1, -0.05) is 12.1 Å². The van der Waals surface area contributed by atoms with Gasteiger partial charge in [0.2, 0.25) is 0 Å². The van der Waals surface area contributed by atoms with Crippen LogP contribution in [-0.2, 0) is 11.2 Å². The van der Waals surface area contributed by atoms with E-state index in [1.165, 1.54) is 5.56 Å². The molecule has 1 aromatic rings. The number of rotatable bonds is 4. The monoisotopic (exact) mass is 249 g/mol. The third kappa shape index (κ3) is 3.55. The number of carbonyl (C=O) groups is 1. The summed E-state index contributed by atoms with van der Waals surface area (Å²) in [6, 6.07) is 7.12. The highest BCUT2D eigenvalue weighted by molar-refractivity contribution is 5.87. The highest BCUT2D eigenvalue weighted by Crippen LogP contribution is 2.08. The number of morpholine rings is 1. The Kier molecular flexibility index (Phi) is 4.33. The summed E-state index contributed by atoms with van der Waals surface area (Å²) in [4.78, 5) is 13.1. The molecule has 0 amide bonds. The fraction of sp³-hybridized carbons (Fsp3) is 0.500. The molecule has 1 fully saturated rings. The molecule has 0 radical (unpaired) electrons. The van der Waals surface area contributed by atoms with Gasteiger partial charge in [-0.3, -0.25) is 4.90 Å². The van der Waals surface area contributed by atoms with Crippen molar-refractivity contribution in [2.45, 2.75) is 19.4 Å². The van der Waals surface area contributed by atoms with E-state index in [0.717, 1.165) is 32.7 Å². The van der Waals surface area contributed by atoms with Crippen LogP contribution in [0.2, 0.25) is 0 Å². The molecular weight excluding hydrogens is 230 g/mol. The molecule has 0 aromatic heterocycles. The highest BCUT2D eigenvalue weighted by atomic mass is 16.5. The van der Waals surface area contributed by atoms with Crippen LogP contribution in [0.4, 0.5) is 0 Å². The number of carboxylic acids is 1. The van der Waals surface area contributed by atoms with Gasteiger partial charge in [-0.25, -0.2) is 4.79 Å². The van der Waals surface area contributed by atoms with Gasteiger partial charge in [-0.15, -0.1) is 0 Å². The Labute approximate surface area is 107 Å². The molecule has 18 heavy (non-hydrogen) atoms. The van der Waals surface area contributed by atoms with Gasteiger partial charge < -0.3 is 9.84 Å². The van der Waals surface area contributed by atoms with E-state index < -0.39 is 5.97 Å². The van der Waals surface area contributed by atoms with Crippen molar-refractivity contribution in [2.24, 2.45) is 0 Å². The van der Waals surface area contributed by atoms with Crippen molar-refractivity contribution in [3.63, 3.8) is 0 Å². The lowest BCUT2D eigenvalue weighted by atomic mass is 10.1. The predicted molar refractivity (Wildman–Crippen MR) is 69.0 cm³/mol. The molecular formula is C14H19NO3. The third-order valence-corrected chi connectivity index (χ3v) is 3.24. The smallest absolute Gasteiger partial charge is 0.335 e. The van der Waals surface area contributed by atoms with Crippen molar-refractivity contribution in [3.05, 3.63) is 35.4 Å². The van der Waals surface area contributed by atoms with E-state index in [-0.39, 0.29) is 0 Å². The van der Waals surface area contributed by atoms with Crippen LogP contribution in [0.15, 0.2) is 24.3 Å². The summed E-state index contributed by atoms with van der Waals surface area (Å²) in [5.74, 6) is -0.872. The number of benzene rings is 1. The van der Waals surface area contributed by atoms with Crippen molar-refractivity contribution < 1.29 is 14.6 Å². The maximum absolute atomic E-state index is 10.7. The fourth-order valence-corrected chi connectivity index (χ4v) is 2.19. The summed E-state index contributed by atoms with van der Waals surface area (Å²) in [5, 5.41) is 8.82. The zero-order valence-electron chi connectivity index (χ0n) is 10.6. The third-order valence-electron chi connectivity index (χ3n) is 3.24. The van der Waals surface area contributed by atoms with E-state index in [1.807, 2.05) is 12.1 Å². The summed E-state index contributed by atoms with van der Waals surface area (Å²) in [7, 11) is 0. The summed E-state index contributed by atoms with van der Waals surface area (Å²) < 4.78 is 5.50. The van der Waals surface area contributed by atoms with Crippen LogP contribution in [0.25, 0.3) is 0 Å². The molecule has 0 aliphatic carbocycles. The summed E-state index contributed by atoms with van der Waals surface area (Å²) in [6.45, 7) is 5.86. The molecule has 0 bridgehead atoms. The molecule has 0 spiro atoms. The molecule has 0 saturated carbocycles. The minimum Gasteiger partial charge on any atom is -0.478 e. The van der Waals surface area contributed by atoms with Gasteiger partial charge in [0.15, 0.2) is 0 Å². The molecule has 1 heterocycles. The molecule has 1 saturated heterocycles. The van der Waals surface area contributed by atoms with Crippen molar-refractivity contribution in [2.75, 3.05) is 26.2 Å². The van der Waals surface area contributed by atoms with Crippen LogP contribution in [0.5, 0.6) is 0 Å². The van der Waals surface area contributed by atoms with E-state index in [2.05, 4.69) is 11.8 Å². The standard InChI is InChI=1S/C14H19NO3/c1-11-10-15(8-9-18-11)7-6-12-2-4-13(5-3-12)14(16)17/h2-5,11H,6-10H2,1H3,(H,16,17). The molecule has 1 atom stereocenters. The fourth-order valence-electron chi connectivity index (χ4n) is 2.19. The molecule has 1 aromatic carbocycles. The second kappa shape index (κ2) is 5.98. The summed E-state index contributed by atoms with van der Waals surface area (Å²) in [6.07, 6.45) is 1.26. The zero-order chi connectivity index (χ0) is 13.0.